The third kappa shape index (κ3) is 4.09. The van der Waals surface area contributed by atoms with Gasteiger partial charge in [0.2, 0.25) is 0 Å². The van der Waals surface area contributed by atoms with Crippen molar-refractivity contribution in [2.45, 2.75) is 66.1 Å². The molecule has 1 rings (SSSR count). The van der Waals surface area contributed by atoms with Crippen molar-refractivity contribution in [1.29, 1.82) is 0 Å². The fourth-order valence-corrected chi connectivity index (χ4v) is 1.85. The third-order valence-corrected chi connectivity index (χ3v) is 2.51. The van der Waals surface area contributed by atoms with Gasteiger partial charge in [-0.25, -0.2) is 0 Å². The Balaban J connectivity index is 2.48. The first-order chi connectivity index (χ1) is 6.96. The Morgan fingerprint density at radius 3 is 2.13 bits per heavy atom. The molecule has 0 bridgehead atoms. The maximum atomic E-state index is 5.74. The first kappa shape index (κ1) is 12.9. The van der Waals surface area contributed by atoms with Crippen molar-refractivity contribution in [1.82, 2.24) is 0 Å². The summed E-state index contributed by atoms with van der Waals surface area (Å²) in [6.07, 6.45) is 2.34. The molecule has 0 aliphatic carbocycles. The number of rotatable bonds is 4. The zero-order chi connectivity index (χ0) is 11.5. The molecule has 0 aromatic rings. The van der Waals surface area contributed by atoms with E-state index in [9.17, 15) is 0 Å². The van der Waals surface area contributed by atoms with E-state index in [1.165, 1.54) is 0 Å². The molecule has 0 aromatic heterocycles. The minimum Gasteiger partial charge on any atom is -0.330 e. The van der Waals surface area contributed by atoms with Gasteiger partial charge in [0.1, 0.15) is 0 Å². The molecule has 1 aliphatic heterocycles. The van der Waals surface area contributed by atoms with Gasteiger partial charge in [0, 0.05) is 6.61 Å². The lowest BCUT2D eigenvalue weighted by Crippen LogP contribution is -2.27. The van der Waals surface area contributed by atoms with E-state index < -0.39 is 6.48 Å². The lowest BCUT2D eigenvalue weighted by molar-refractivity contribution is -0.241. The molecule has 0 radical (unpaired) electrons. The second-order valence-electron chi connectivity index (χ2n) is 5.27. The second kappa shape index (κ2) is 5.28. The number of hydrogen-bond acceptors (Lipinski definition) is 3. The first-order valence-corrected chi connectivity index (χ1v) is 5.88. The van der Waals surface area contributed by atoms with E-state index in [0.29, 0.717) is 6.61 Å². The lowest BCUT2D eigenvalue weighted by Gasteiger charge is -2.24. The van der Waals surface area contributed by atoms with Crippen LogP contribution in [0.15, 0.2) is 0 Å². The van der Waals surface area contributed by atoms with Gasteiger partial charge in [-0.1, -0.05) is 27.7 Å². The predicted molar refractivity (Wildman–Crippen MR) is 59.5 cm³/mol. The zero-order valence-corrected chi connectivity index (χ0v) is 10.6. The molecular weight excluding hydrogens is 192 g/mol. The van der Waals surface area contributed by atoms with Gasteiger partial charge in [0.15, 0.2) is 0 Å². The summed E-state index contributed by atoms with van der Waals surface area (Å²) in [4.78, 5) is 0. The second-order valence-corrected chi connectivity index (χ2v) is 5.27. The fourth-order valence-electron chi connectivity index (χ4n) is 1.85. The Morgan fingerprint density at radius 1 is 1.07 bits per heavy atom. The van der Waals surface area contributed by atoms with E-state index in [1.54, 1.807) is 0 Å². The van der Waals surface area contributed by atoms with Crippen molar-refractivity contribution in [2.24, 2.45) is 5.41 Å². The van der Waals surface area contributed by atoms with Gasteiger partial charge in [-0.05, 0) is 25.2 Å². The maximum absolute atomic E-state index is 5.74. The minimum absolute atomic E-state index is 0.173. The van der Waals surface area contributed by atoms with Gasteiger partial charge in [-0.2, -0.15) is 0 Å². The van der Waals surface area contributed by atoms with Crippen LogP contribution in [-0.4, -0.2) is 25.3 Å². The van der Waals surface area contributed by atoms with E-state index in [0.717, 1.165) is 12.8 Å². The molecule has 3 heteroatoms. The SMILES string of the molecule is CCOC1O[C@H](CC)[C@@H](CC(C)(C)C)O1. The van der Waals surface area contributed by atoms with Crippen LogP contribution in [0.4, 0.5) is 0 Å². The van der Waals surface area contributed by atoms with E-state index in [-0.39, 0.29) is 17.6 Å². The summed E-state index contributed by atoms with van der Waals surface area (Å²) in [5, 5.41) is 0. The van der Waals surface area contributed by atoms with Gasteiger partial charge in [-0.3, -0.25) is 0 Å². The van der Waals surface area contributed by atoms with Crippen LogP contribution in [0.3, 0.4) is 0 Å². The van der Waals surface area contributed by atoms with Crippen molar-refractivity contribution in [3.05, 3.63) is 0 Å². The average Bonchev–Trinajstić information content (AvgIpc) is 2.45. The molecule has 0 amide bonds. The Morgan fingerprint density at radius 2 is 1.67 bits per heavy atom. The van der Waals surface area contributed by atoms with E-state index >= 15 is 0 Å². The van der Waals surface area contributed by atoms with Crippen LogP contribution in [0.2, 0.25) is 0 Å². The monoisotopic (exact) mass is 216 g/mol. The van der Waals surface area contributed by atoms with Gasteiger partial charge in [-0.15, -0.1) is 0 Å². The zero-order valence-electron chi connectivity index (χ0n) is 10.6. The van der Waals surface area contributed by atoms with E-state index in [1.807, 2.05) is 6.92 Å². The summed E-state index contributed by atoms with van der Waals surface area (Å²) in [5.41, 5.74) is 0.266. The molecule has 1 heterocycles. The Kier molecular flexibility index (Phi) is 4.56. The Bertz CT molecular complexity index is 186. The van der Waals surface area contributed by atoms with Crippen LogP contribution in [0, 0.1) is 5.41 Å². The third-order valence-electron chi connectivity index (χ3n) is 2.51. The molecule has 3 atom stereocenters. The summed E-state index contributed by atoms with van der Waals surface area (Å²) in [7, 11) is 0. The lowest BCUT2D eigenvalue weighted by atomic mass is 9.87. The highest BCUT2D eigenvalue weighted by atomic mass is 16.9. The van der Waals surface area contributed by atoms with Crippen molar-refractivity contribution in [3.63, 3.8) is 0 Å². The first-order valence-electron chi connectivity index (χ1n) is 5.88. The molecule has 90 valence electrons. The molecule has 1 aliphatic rings. The average molecular weight is 216 g/mol. The molecule has 0 saturated carbocycles. The molecule has 3 nitrogen and oxygen atoms in total. The number of ether oxygens (including phenoxy) is 3. The van der Waals surface area contributed by atoms with Crippen molar-refractivity contribution in [3.8, 4) is 0 Å². The normalized spacial score (nSPS) is 32.2. The molecule has 0 aromatic carbocycles. The molecule has 0 N–H and O–H groups in total. The summed E-state index contributed by atoms with van der Waals surface area (Å²) >= 11 is 0. The van der Waals surface area contributed by atoms with Crippen LogP contribution in [0.1, 0.15) is 47.5 Å². The largest absolute Gasteiger partial charge is 0.330 e. The quantitative estimate of drug-likeness (QED) is 0.723. The van der Waals surface area contributed by atoms with Crippen LogP contribution < -0.4 is 0 Å². The Labute approximate surface area is 93.1 Å². The highest BCUT2D eigenvalue weighted by Crippen LogP contribution is 2.31. The van der Waals surface area contributed by atoms with Crippen molar-refractivity contribution in [2.75, 3.05) is 6.61 Å². The van der Waals surface area contributed by atoms with Crippen molar-refractivity contribution < 1.29 is 14.2 Å². The van der Waals surface area contributed by atoms with Gasteiger partial charge in [0.25, 0.3) is 6.48 Å². The van der Waals surface area contributed by atoms with E-state index in [4.69, 9.17) is 14.2 Å². The standard InChI is InChI=1S/C12H24O3/c1-6-9-10(8-12(3,4)5)15-11(14-9)13-7-2/h9-11H,6-8H2,1-5H3/t9-,10-,11?/m1/s1. The molecule has 1 unspecified atom stereocenters. The predicted octanol–water partition coefficient (Wildman–Crippen LogP) is 2.94. The minimum atomic E-state index is -0.452. The van der Waals surface area contributed by atoms with Crippen molar-refractivity contribution >= 4 is 0 Å². The van der Waals surface area contributed by atoms with Crippen LogP contribution in [0.25, 0.3) is 0 Å². The smallest absolute Gasteiger partial charge is 0.272 e. The summed E-state index contributed by atoms with van der Waals surface area (Å²) in [6, 6.07) is 0. The summed E-state index contributed by atoms with van der Waals surface area (Å²) < 4.78 is 16.7. The van der Waals surface area contributed by atoms with Crippen LogP contribution >= 0.6 is 0 Å². The summed E-state index contributed by atoms with van der Waals surface area (Å²) in [6.45, 7) is 10.9. The topological polar surface area (TPSA) is 27.7 Å². The molecule has 0 spiro atoms. The molecular formula is C12H24O3. The molecule has 15 heavy (non-hydrogen) atoms. The van der Waals surface area contributed by atoms with Crippen LogP contribution in [-0.2, 0) is 14.2 Å². The van der Waals surface area contributed by atoms with Crippen LogP contribution in [0.5, 0.6) is 0 Å². The highest BCUT2D eigenvalue weighted by molar-refractivity contribution is 4.79. The number of hydrogen-bond donors (Lipinski definition) is 0. The maximum Gasteiger partial charge on any atom is 0.272 e. The highest BCUT2D eigenvalue weighted by Gasteiger charge is 2.37. The molecule has 1 saturated heterocycles. The molecule has 1 fully saturated rings. The van der Waals surface area contributed by atoms with Gasteiger partial charge >= 0.3 is 0 Å². The fraction of sp³-hybridized carbons (Fsp3) is 1.00. The van der Waals surface area contributed by atoms with Gasteiger partial charge in [0.05, 0.1) is 12.2 Å². The van der Waals surface area contributed by atoms with E-state index in [2.05, 4.69) is 27.7 Å². The van der Waals surface area contributed by atoms with Gasteiger partial charge < -0.3 is 14.2 Å². The summed E-state index contributed by atoms with van der Waals surface area (Å²) in [5.74, 6) is 0. The Hall–Kier alpha value is -0.120.